The van der Waals surface area contributed by atoms with Crippen molar-refractivity contribution in [3.8, 4) is 11.8 Å². The molecule has 0 saturated heterocycles. The van der Waals surface area contributed by atoms with Crippen LogP contribution in [0.3, 0.4) is 0 Å². The quantitative estimate of drug-likeness (QED) is 0.314. The van der Waals surface area contributed by atoms with E-state index in [1.807, 2.05) is 6.07 Å². The number of non-ortho nitro benzene ring substituents is 1. The van der Waals surface area contributed by atoms with E-state index in [0.29, 0.717) is 17.1 Å². The number of hydrogen-bond donors (Lipinski definition) is 1. The number of nitrogens with zero attached hydrogens (tertiary/aromatic N) is 3. The van der Waals surface area contributed by atoms with Gasteiger partial charge in [0, 0.05) is 35.4 Å². The molecule has 0 saturated carbocycles. The van der Waals surface area contributed by atoms with Gasteiger partial charge in [-0.05, 0) is 54.6 Å². The van der Waals surface area contributed by atoms with Gasteiger partial charge in [-0.3, -0.25) is 14.9 Å². The molecule has 0 aliphatic heterocycles. The molecule has 0 radical (unpaired) electrons. The first kappa shape index (κ1) is 18.5. The molecule has 1 amide bonds. The van der Waals surface area contributed by atoms with Crippen LogP contribution in [0.2, 0.25) is 0 Å². The van der Waals surface area contributed by atoms with Crippen molar-refractivity contribution in [1.82, 2.24) is 4.57 Å². The van der Waals surface area contributed by atoms with Gasteiger partial charge < -0.3 is 9.88 Å². The summed E-state index contributed by atoms with van der Waals surface area (Å²) < 4.78 is 14.6. The number of benzene rings is 2. The first-order valence-electron chi connectivity index (χ1n) is 8.09. The number of carbonyl (C=O) groups excluding carboxylic acids is 1. The number of amides is 1. The molecule has 0 fully saturated rings. The zero-order chi connectivity index (χ0) is 20.1. The number of nitro benzene ring substituents is 1. The molecule has 1 heterocycles. The zero-order valence-electron chi connectivity index (χ0n) is 14.4. The lowest BCUT2D eigenvalue weighted by Gasteiger charge is -2.08. The standard InChI is InChI=1S/C20H13FN4O3/c21-15-3-5-16(6-4-15)23-20(26)14(13-22)12-19-2-1-11-24(19)17-7-9-18(10-8-17)25(27)28/h1-12H,(H,23,26)/b14-12-. The monoisotopic (exact) mass is 376 g/mol. The molecule has 28 heavy (non-hydrogen) atoms. The molecule has 3 aromatic rings. The first-order chi connectivity index (χ1) is 13.5. The van der Waals surface area contributed by atoms with E-state index in [1.165, 1.54) is 42.5 Å². The molecule has 8 heteroatoms. The Bertz CT molecular complexity index is 1090. The van der Waals surface area contributed by atoms with Gasteiger partial charge in [0.05, 0.1) is 4.92 Å². The maximum absolute atomic E-state index is 13.0. The first-order valence-corrected chi connectivity index (χ1v) is 8.09. The van der Waals surface area contributed by atoms with E-state index in [1.54, 1.807) is 35.0 Å². The number of aromatic nitrogens is 1. The molecular weight excluding hydrogens is 363 g/mol. The Morgan fingerprint density at radius 3 is 2.43 bits per heavy atom. The van der Waals surface area contributed by atoms with Crippen LogP contribution in [0.5, 0.6) is 0 Å². The van der Waals surface area contributed by atoms with Crippen molar-refractivity contribution in [3.63, 3.8) is 0 Å². The second-order valence-electron chi connectivity index (χ2n) is 5.71. The van der Waals surface area contributed by atoms with E-state index in [2.05, 4.69) is 5.32 Å². The molecule has 0 aliphatic carbocycles. The highest BCUT2D eigenvalue weighted by atomic mass is 19.1. The second-order valence-corrected chi connectivity index (χ2v) is 5.71. The lowest BCUT2D eigenvalue weighted by molar-refractivity contribution is -0.384. The van der Waals surface area contributed by atoms with E-state index < -0.39 is 16.6 Å². The number of halogens is 1. The molecule has 0 unspecified atom stereocenters. The van der Waals surface area contributed by atoms with Crippen LogP contribution < -0.4 is 5.32 Å². The molecule has 1 aromatic heterocycles. The van der Waals surface area contributed by atoms with Gasteiger partial charge >= 0.3 is 0 Å². The van der Waals surface area contributed by atoms with Gasteiger partial charge in [0.25, 0.3) is 11.6 Å². The maximum atomic E-state index is 13.0. The minimum absolute atomic E-state index is 0.0376. The topological polar surface area (TPSA) is 101 Å². The highest BCUT2D eigenvalue weighted by Gasteiger charge is 2.12. The van der Waals surface area contributed by atoms with Crippen molar-refractivity contribution in [2.75, 3.05) is 5.32 Å². The number of nitrogens with one attached hydrogen (secondary N) is 1. The van der Waals surface area contributed by atoms with Gasteiger partial charge in [-0.1, -0.05) is 0 Å². The third-order valence-corrected chi connectivity index (χ3v) is 3.88. The van der Waals surface area contributed by atoms with Gasteiger partial charge in [-0.25, -0.2) is 4.39 Å². The number of hydrogen-bond acceptors (Lipinski definition) is 4. The van der Waals surface area contributed by atoms with Crippen LogP contribution >= 0.6 is 0 Å². The highest BCUT2D eigenvalue weighted by molar-refractivity contribution is 6.09. The summed E-state index contributed by atoms with van der Waals surface area (Å²) in [4.78, 5) is 22.6. The molecule has 1 N–H and O–H groups in total. The summed E-state index contributed by atoms with van der Waals surface area (Å²) in [7, 11) is 0. The fraction of sp³-hybridized carbons (Fsp3) is 0. The Balaban J connectivity index is 1.86. The highest BCUT2D eigenvalue weighted by Crippen LogP contribution is 2.19. The molecular formula is C20H13FN4O3. The molecule has 7 nitrogen and oxygen atoms in total. The Labute approximate surface area is 159 Å². The number of nitro groups is 1. The smallest absolute Gasteiger partial charge is 0.269 e. The Hall–Kier alpha value is -4.25. The van der Waals surface area contributed by atoms with Crippen LogP contribution in [0.15, 0.2) is 72.4 Å². The average Bonchev–Trinajstić information content (AvgIpc) is 3.16. The predicted molar refractivity (Wildman–Crippen MR) is 101 cm³/mol. The summed E-state index contributed by atoms with van der Waals surface area (Å²) in [5, 5.41) is 22.7. The van der Waals surface area contributed by atoms with Gasteiger partial charge in [0.15, 0.2) is 0 Å². The van der Waals surface area contributed by atoms with Crippen LogP contribution in [0.4, 0.5) is 15.8 Å². The van der Waals surface area contributed by atoms with Crippen molar-refractivity contribution in [2.45, 2.75) is 0 Å². The number of rotatable bonds is 5. The molecule has 2 aromatic carbocycles. The SMILES string of the molecule is N#C/C(=C/c1cccn1-c1ccc([N+](=O)[O-])cc1)C(=O)Nc1ccc(F)cc1. The summed E-state index contributed by atoms with van der Waals surface area (Å²) in [6, 6.07) is 16.3. The van der Waals surface area contributed by atoms with Crippen LogP contribution in [0, 0.1) is 27.3 Å². The molecule has 138 valence electrons. The average molecular weight is 376 g/mol. The summed E-state index contributed by atoms with van der Waals surface area (Å²) in [5.41, 5.74) is 1.35. The third-order valence-electron chi connectivity index (χ3n) is 3.88. The second kappa shape index (κ2) is 7.97. The Morgan fingerprint density at radius 1 is 1.14 bits per heavy atom. The van der Waals surface area contributed by atoms with E-state index >= 15 is 0 Å². The van der Waals surface area contributed by atoms with Crippen molar-refractivity contribution in [3.05, 3.63) is 94.1 Å². The fourth-order valence-corrected chi connectivity index (χ4v) is 2.51. The minimum Gasteiger partial charge on any atom is -0.321 e. The van der Waals surface area contributed by atoms with Crippen LogP contribution in [0.1, 0.15) is 5.69 Å². The Kier molecular flexibility index (Phi) is 5.28. The van der Waals surface area contributed by atoms with Crippen molar-refractivity contribution >= 4 is 23.4 Å². The van der Waals surface area contributed by atoms with Gasteiger partial charge in [-0.2, -0.15) is 5.26 Å². The molecule has 0 spiro atoms. The van der Waals surface area contributed by atoms with Crippen LogP contribution in [-0.2, 0) is 4.79 Å². The lowest BCUT2D eigenvalue weighted by atomic mass is 10.2. The van der Waals surface area contributed by atoms with E-state index in [9.17, 15) is 24.6 Å². The molecule has 3 rings (SSSR count). The van der Waals surface area contributed by atoms with Gasteiger partial charge in [-0.15, -0.1) is 0 Å². The third kappa shape index (κ3) is 4.11. The van der Waals surface area contributed by atoms with Gasteiger partial charge in [0.1, 0.15) is 17.5 Å². The van der Waals surface area contributed by atoms with Crippen LogP contribution in [-0.4, -0.2) is 15.4 Å². The van der Waals surface area contributed by atoms with E-state index in [0.717, 1.165) is 0 Å². The van der Waals surface area contributed by atoms with Crippen molar-refractivity contribution < 1.29 is 14.1 Å². The molecule has 0 bridgehead atoms. The van der Waals surface area contributed by atoms with E-state index in [4.69, 9.17) is 0 Å². The summed E-state index contributed by atoms with van der Waals surface area (Å²) in [6.45, 7) is 0. The summed E-state index contributed by atoms with van der Waals surface area (Å²) >= 11 is 0. The van der Waals surface area contributed by atoms with Crippen LogP contribution in [0.25, 0.3) is 11.8 Å². The normalized spacial score (nSPS) is 10.9. The minimum atomic E-state index is -0.634. The zero-order valence-corrected chi connectivity index (χ0v) is 14.4. The summed E-state index contributed by atoms with van der Waals surface area (Å²) in [6.07, 6.45) is 3.11. The number of carbonyl (C=O) groups is 1. The molecule has 0 atom stereocenters. The number of anilines is 1. The summed E-state index contributed by atoms with van der Waals surface area (Å²) in [5.74, 6) is -1.07. The largest absolute Gasteiger partial charge is 0.321 e. The Morgan fingerprint density at radius 2 is 1.82 bits per heavy atom. The van der Waals surface area contributed by atoms with Crippen molar-refractivity contribution in [1.29, 1.82) is 5.26 Å². The lowest BCUT2D eigenvalue weighted by Crippen LogP contribution is -2.13. The molecule has 0 aliphatic rings. The van der Waals surface area contributed by atoms with Crippen molar-refractivity contribution in [2.24, 2.45) is 0 Å². The maximum Gasteiger partial charge on any atom is 0.269 e. The van der Waals surface area contributed by atoms with E-state index in [-0.39, 0.29) is 11.3 Å². The number of nitriles is 1. The fourth-order valence-electron chi connectivity index (χ4n) is 2.51. The van der Waals surface area contributed by atoms with Gasteiger partial charge in [0.2, 0.25) is 0 Å². The predicted octanol–water partition coefficient (Wildman–Crippen LogP) is 4.07.